The van der Waals surface area contributed by atoms with Crippen LogP contribution in [0.25, 0.3) is 10.2 Å². The lowest BCUT2D eigenvalue weighted by atomic mass is 10.3. The van der Waals surface area contributed by atoms with Crippen LogP contribution in [0.2, 0.25) is 0 Å². The number of hydrogen-bond acceptors (Lipinski definition) is 4. The highest BCUT2D eigenvalue weighted by Crippen LogP contribution is 2.27. The van der Waals surface area contributed by atoms with Crippen molar-refractivity contribution >= 4 is 27.5 Å². The molecular formula is C12H11F2N3OS. The fraction of sp³-hybridized carbons (Fsp3) is 0.333. The number of amides is 1. The van der Waals surface area contributed by atoms with Crippen molar-refractivity contribution in [2.24, 2.45) is 0 Å². The number of nitrogens with zero attached hydrogens (tertiary/aromatic N) is 2. The van der Waals surface area contributed by atoms with Crippen LogP contribution in [0.3, 0.4) is 0 Å². The normalized spacial score (nSPS) is 18.4. The van der Waals surface area contributed by atoms with Crippen LogP contribution in [0.5, 0.6) is 0 Å². The van der Waals surface area contributed by atoms with Gasteiger partial charge in [0.1, 0.15) is 5.01 Å². The monoisotopic (exact) mass is 283 g/mol. The Labute approximate surface area is 112 Å². The number of aromatic nitrogens is 1. The molecule has 7 heteroatoms. The summed E-state index contributed by atoms with van der Waals surface area (Å²) >= 11 is 1.48. The van der Waals surface area contributed by atoms with Crippen molar-refractivity contribution in [2.45, 2.75) is 18.9 Å². The van der Waals surface area contributed by atoms with E-state index in [4.69, 9.17) is 0 Å². The minimum atomic E-state index is -3.24. The van der Waals surface area contributed by atoms with Crippen LogP contribution < -0.4 is 5.43 Å². The van der Waals surface area contributed by atoms with Gasteiger partial charge in [-0.25, -0.2) is 10.4 Å². The topological polar surface area (TPSA) is 45.2 Å². The number of benzene rings is 1. The molecule has 0 aliphatic carbocycles. The molecule has 2 aromatic rings. The standard InChI is InChI=1S/C12H11F2N3OS/c13-12(14)5-6-17(11(12)18)15-7-10-16-8-3-1-2-4-9(8)19-10/h1-4,15H,5-7H2. The molecular weight excluding hydrogens is 272 g/mol. The van der Waals surface area contributed by atoms with E-state index in [9.17, 15) is 13.6 Å². The maximum atomic E-state index is 13.0. The first-order valence-corrected chi connectivity index (χ1v) is 6.66. The maximum Gasteiger partial charge on any atom is 0.327 e. The van der Waals surface area contributed by atoms with Crippen molar-refractivity contribution in [3.63, 3.8) is 0 Å². The summed E-state index contributed by atoms with van der Waals surface area (Å²) in [6.07, 6.45) is -0.432. The van der Waals surface area contributed by atoms with Crippen molar-refractivity contribution in [1.82, 2.24) is 15.4 Å². The lowest BCUT2D eigenvalue weighted by molar-refractivity contribution is -0.150. The average molecular weight is 283 g/mol. The molecule has 1 fully saturated rings. The Morgan fingerprint density at radius 2 is 2.21 bits per heavy atom. The van der Waals surface area contributed by atoms with Gasteiger partial charge in [0.25, 0.3) is 0 Å². The van der Waals surface area contributed by atoms with E-state index in [2.05, 4.69) is 10.4 Å². The Kier molecular flexibility index (Phi) is 2.94. The van der Waals surface area contributed by atoms with Crippen LogP contribution in [0.15, 0.2) is 24.3 Å². The number of carbonyl (C=O) groups excluding carboxylic acids is 1. The van der Waals surface area contributed by atoms with E-state index < -0.39 is 18.3 Å². The minimum absolute atomic E-state index is 0.0245. The van der Waals surface area contributed by atoms with E-state index in [1.165, 1.54) is 11.3 Å². The molecule has 1 aromatic carbocycles. The van der Waals surface area contributed by atoms with E-state index in [1.54, 1.807) is 0 Å². The minimum Gasteiger partial charge on any atom is -0.272 e. The summed E-state index contributed by atoms with van der Waals surface area (Å²) in [4.78, 5) is 15.7. The highest BCUT2D eigenvalue weighted by atomic mass is 32.1. The fourth-order valence-corrected chi connectivity index (χ4v) is 2.87. The average Bonchev–Trinajstić information content (AvgIpc) is 2.90. The van der Waals surface area contributed by atoms with Gasteiger partial charge in [0.2, 0.25) is 0 Å². The van der Waals surface area contributed by atoms with Crippen molar-refractivity contribution in [3.05, 3.63) is 29.3 Å². The summed E-state index contributed by atoms with van der Waals surface area (Å²) in [6.45, 7) is 0.303. The second-order valence-electron chi connectivity index (χ2n) is 4.32. The zero-order valence-corrected chi connectivity index (χ0v) is 10.7. The van der Waals surface area contributed by atoms with Gasteiger partial charge in [-0.3, -0.25) is 9.80 Å². The van der Waals surface area contributed by atoms with E-state index in [-0.39, 0.29) is 13.1 Å². The molecule has 0 radical (unpaired) electrons. The quantitative estimate of drug-likeness (QED) is 0.939. The van der Waals surface area contributed by atoms with Crippen molar-refractivity contribution in [2.75, 3.05) is 6.54 Å². The second kappa shape index (κ2) is 4.50. The number of para-hydroxylation sites is 1. The molecule has 0 atom stereocenters. The number of thiazole rings is 1. The molecule has 1 N–H and O–H groups in total. The largest absolute Gasteiger partial charge is 0.327 e. The summed E-state index contributed by atoms with van der Waals surface area (Å²) in [5.74, 6) is -4.39. The van der Waals surface area contributed by atoms with E-state index in [0.29, 0.717) is 0 Å². The summed E-state index contributed by atoms with van der Waals surface area (Å²) < 4.78 is 27.1. The Bertz CT molecular complexity index is 595. The third-order valence-electron chi connectivity index (χ3n) is 2.97. The number of hydrazine groups is 1. The molecule has 0 unspecified atom stereocenters. The molecule has 0 bridgehead atoms. The summed E-state index contributed by atoms with van der Waals surface area (Å²) in [5, 5.41) is 1.75. The van der Waals surface area contributed by atoms with Crippen LogP contribution >= 0.6 is 11.3 Å². The number of rotatable bonds is 3. The SMILES string of the molecule is O=C1N(NCc2nc3ccccc3s2)CCC1(F)F. The number of alkyl halides is 2. The first-order chi connectivity index (χ1) is 9.06. The molecule has 1 aliphatic rings. The maximum absolute atomic E-state index is 13.0. The van der Waals surface area contributed by atoms with Gasteiger partial charge in [-0.05, 0) is 12.1 Å². The lowest BCUT2D eigenvalue weighted by Gasteiger charge is -2.16. The van der Waals surface area contributed by atoms with E-state index >= 15 is 0 Å². The van der Waals surface area contributed by atoms with Crippen LogP contribution in [-0.2, 0) is 11.3 Å². The van der Waals surface area contributed by atoms with E-state index in [0.717, 1.165) is 20.2 Å². The second-order valence-corrected chi connectivity index (χ2v) is 5.44. The third-order valence-corrected chi connectivity index (χ3v) is 4.00. The molecule has 100 valence electrons. The molecule has 4 nitrogen and oxygen atoms in total. The van der Waals surface area contributed by atoms with Gasteiger partial charge in [0.05, 0.1) is 16.8 Å². The molecule has 3 rings (SSSR count). The molecule has 1 aromatic heterocycles. The highest BCUT2D eigenvalue weighted by Gasteiger charge is 2.48. The first kappa shape index (κ1) is 12.4. The molecule has 19 heavy (non-hydrogen) atoms. The van der Waals surface area contributed by atoms with Gasteiger partial charge >= 0.3 is 11.8 Å². The van der Waals surface area contributed by atoms with Gasteiger partial charge in [-0.1, -0.05) is 12.1 Å². The number of carbonyl (C=O) groups is 1. The van der Waals surface area contributed by atoms with Gasteiger partial charge in [-0.15, -0.1) is 11.3 Å². The molecule has 2 heterocycles. The van der Waals surface area contributed by atoms with Crippen molar-refractivity contribution in [1.29, 1.82) is 0 Å². The number of fused-ring (bicyclic) bond motifs is 1. The predicted octanol–water partition coefficient (Wildman–Crippen LogP) is 2.17. The summed E-state index contributed by atoms with van der Waals surface area (Å²) in [5.41, 5.74) is 3.59. The summed E-state index contributed by atoms with van der Waals surface area (Å²) in [6, 6.07) is 7.65. The molecule has 1 aliphatic heterocycles. The van der Waals surface area contributed by atoms with Gasteiger partial charge in [0.15, 0.2) is 0 Å². The Balaban J connectivity index is 1.68. The van der Waals surface area contributed by atoms with Crippen LogP contribution in [0, 0.1) is 0 Å². The van der Waals surface area contributed by atoms with Crippen LogP contribution in [0.4, 0.5) is 8.78 Å². The Morgan fingerprint density at radius 3 is 2.89 bits per heavy atom. The Morgan fingerprint density at radius 1 is 1.42 bits per heavy atom. The van der Waals surface area contributed by atoms with Crippen LogP contribution in [-0.4, -0.2) is 28.4 Å². The van der Waals surface area contributed by atoms with Gasteiger partial charge < -0.3 is 0 Å². The van der Waals surface area contributed by atoms with Gasteiger partial charge in [0, 0.05) is 13.0 Å². The molecule has 0 spiro atoms. The van der Waals surface area contributed by atoms with Crippen LogP contribution in [0.1, 0.15) is 11.4 Å². The number of hydrogen-bond donors (Lipinski definition) is 1. The fourth-order valence-electron chi connectivity index (χ4n) is 1.97. The lowest BCUT2D eigenvalue weighted by Crippen LogP contribution is -2.42. The molecule has 0 saturated carbocycles. The smallest absolute Gasteiger partial charge is 0.272 e. The van der Waals surface area contributed by atoms with Crippen molar-refractivity contribution in [3.8, 4) is 0 Å². The molecule has 1 saturated heterocycles. The first-order valence-electron chi connectivity index (χ1n) is 5.84. The summed E-state index contributed by atoms with van der Waals surface area (Å²) in [7, 11) is 0. The van der Waals surface area contributed by atoms with Crippen molar-refractivity contribution < 1.29 is 13.6 Å². The third kappa shape index (κ3) is 2.31. The predicted molar refractivity (Wildman–Crippen MR) is 67.7 cm³/mol. The Hall–Kier alpha value is -1.60. The van der Waals surface area contributed by atoms with E-state index in [1.807, 2.05) is 24.3 Å². The van der Waals surface area contributed by atoms with Gasteiger partial charge in [-0.2, -0.15) is 8.78 Å². The zero-order valence-electron chi connectivity index (χ0n) is 9.90. The number of halogens is 2. The number of nitrogens with one attached hydrogen (secondary N) is 1. The zero-order chi connectivity index (χ0) is 13.5. The highest BCUT2D eigenvalue weighted by molar-refractivity contribution is 7.18. The molecule has 1 amide bonds.